The molecule has 2 saturated carbocycles. The molecule has 154 valence electrons. The van der Waals surface area contributed by atoms with Crippen LogP contribution >= 0.6 is 11.6 Å². The van der Waals surface area contributed by atoms with Crippen molar-refractivity contribution in [2.24, 2.45) is 5.92 Å². The normalized spacial score (nSPS) is 19.9. The third-order valence-corrected chi connectivity index (χ3v) is 5.95. The van der Waals surface area contributed by atoms with Gasteiger partial charge in [-0.2, -0.15) is 10.4 Å². The van der Waals surface area contributed by atoms with Gasteiger partial charge in [0, 0.05) is 41.0 Å². The highest BCUT2D eigenvalue weighted by atomic mass is 35.5. The van der Waals surface area contributed by atoms with Gasteiger partial charge >= 0.3 is 0 Å². The highest BCUT2D eigenvalue weighted by Gasteiger charge is 2.33. The molecule has 2 fully saturated rings. The second-order valence-electron chi connectivity index (χ2n) is 7.89. The van der Waals surface area contributed by atoms with E-state index in [4.69, 9.17) is 16.9 Å². The molecule has 7 heteroatoms. The van der Waals surface area contributed by atoms with E-state index in [9.17, 15) is 4.79 Å². The van der Waals surface area contributed by atoms with Gasteiger partial charge < -0.3 is 15.4 Å². The van der Waals surface area contributed by atoms with Crippen molar-refractivity contribution >= 4 is 34.6 Å². The Bertz CT molecular complexity index is 1090. The van der Waals surface area contributed by atoms with E-state index < -0.39 is 0 Å². The molecule has 0 bridgehead atoms. The van der Waals surface area contributed by atoms with Crippen molar-refractivity contribution in [3.8, 4) is 17.2 Å². The van der Waals surface area contributed by atoms with Crippen molar-refractivity contribution in [2.75, 3.05) is 12.4 Å². The summed E-state index contributed by atoms with van der Waals surface area (Å²) in [5.41, 5.74) is 3.34. The maximum Gasteiger partial charge on any atom is 0.155 e. The van der Waals surface area contributed by atoms with Crippen LogP contribution in [0.15, 0.2) is 36.4 Å². The lowest BCUT2D eigenvalue weighted by Crippen LogP contribution is -2.42. The van der Waals surface area contributed by atoms with Gasteiger partial charge in [0.1, 0.15) is 6.29 Å². The minimum Gasteiger partial charge on any atom is -0.371 e. The van der Waals surface area contributed by atoms with E-state index in [2.05, 4.69) is 26.9 Å². The summed E-state index contributed by atoms with van der Waals surface area (Å²) < 4.78 is 0. The Morgan fingerprint density at radius 3 is 2.67 bits per heavy atom. The van der Waals surface area contributed by atoms with Crippen LogP contribution in [-0.4, -0.2) is 35.6 Å². The van der Waals surface area contributed by atoms with Crippen molar-refractivity contribution in [1.82, 2.24) is 15.5 Å². The van der Waals surface area contributed by atoms with Gasteiger partial charge in [0.05, 0.1) is 17.1 Å². The summed E-state index contributed by atoms with van der Waals surface area (Å²) in [5.74, 6) is 1.16. The number of nitriles is 1. The summed E-state index contributed by atoms with van der Waals surface area (Å²) in [6.07, 6.45) is 5.95. The molecule has 0 spiro atoms. The van der Waals surface area contributed by atoms with Crippen LogP contribution in [0.25, 0.3) is 22.0 Å². The zero-order valence-electron chi connectivity index (χ0n) is 16.8. The van der Waals surface area contributed by atoms with Gasteiger partial charge in [-0.1, -0.05) is 17.7 Å². The maximum atomic E-state index is 10.2. The zero-order valence-corrected chi connectivity index (χ0v) is 17.5. The topological polar surface area (TPSA) is 93.6 Å². The zero-order chi connectivity index (χ0) is 21.1. The Morgan fingerprint density at radius 1 is 1.20 bits per heavy atom. The number of nitrogens with zero attached hydrogens (tertiary/aromatic N) is 2. The lowest BCUT2D eigenvalue weighted by molar-refractivity contribution is -0.113. The van der Waals surface area contributed by atoms with Gasteiger partial charge in [-0.3, -0.25) is 5.10 Å². The van der Waals surface area contributed by atoms with E-state index in [1.54, 1.807) is 18.2 Å². The molecule has 2 aromatic carbocycles. The fourth-order valence-corrected chi connectivity index (χ4v) is 3.91. The Balaban J connectivity index is 0.000000181. The van der Waals surface area contributed by atoms with E-state index in [1.807, 2.05) is 25.2 Å². The number of rotatable bonds is 5. The van der Waals surface area contributed by atoms with E-state index >= 15 is 0 Å². The molecule has 3 aromatic rings. The van der Waals surface area contributed by atoms with Crippen molar-refractivity contribution in [3.05, 3.63) is 47.0 Å². The number of benzene rings is 2. The lowest BCUT2D eigenvalue weighted by atomic mass is 9.81. The van der Waals surface area contributed by atoms with Gasteiger partial charge in [0.25, 0.3) is 0 Å². The van der Waals surface area contributed by atoms with Crippen LogP contribution < -0.4 is 10.6 Å². The number of fused-ring (bicyclic) bond motifs is 1. The van der Waals surface area contributed by atoms with Crippen LogP contribution in [-0.2, 0) is 4.79 Å². The molecule has 2 aliphatic rings. The first-order chi connectivity index (χ1) is 14.6. The molecule has 0 saturated heterocycles. The Hall–Kier alpha value is -2.88. The number of aldehydes is 1. The second kappa shape index (κ2) is 8.86. The van der Waals surface area contributed by atoms with Crippen LogP contribution in [0, 0.1) is 17.2 Å². The van der Waals surface area contributed by atoms with Crippen LogP contribution in [0.2, 0.25) is 5.02 Å². The van der Waals surface area contributed by atoms with Crippen molar-refractivity contribution in [2.45, 2.75) is 37.8 Å². The second-order valence-corrected chi connectivity index (χ2v) is 8.30. The predicted molar refractivity (Wildman–Crippen MR) is 120 cm³/mol. The Labute approximate surface area is 180 Å². The molecule has 5 rings (SSSR count). The summed E-state index contributed by atoms with van der Waals surface area (Å²) in [4.78, 5) is 10.2. The smallest absolute Gasteiger partial charge is 0.155 e. The highest BCUT2D eigenvalue weighted by molar-refractivity contribution is 6.33. The summed E-state index contributed by atoms with van der Waals surface area (Å²) in [6.45, 7) is 0. The summed E-state index contributed by atoms with van der Waals surface area (Å²) in [6, 6.07) is 14.8. The van der Waals surface area contributed by atoms with Crippen molar-refractivity contribution < 1.29 is 4.79 Å². The molecule has 0 aliphatic heterocycles. The minimum atomic E-state index is 0.372. The standard InChI is InChI=1S/C15H11ClN4.C8H13NO/c1-18-15-12-7-10(3-5-14(12)19-20-15)11-6-9(8-17)2-4-13(11)16;10-5-6-3-8(4-6)9-7-1-2-7/h2-7H,1H3,(H2,18,19,20);5-9H,1-4H2. The van der Waals surface area contributed by atoms with Gasteiger partial charge in [-0.15, -0.1) is 0 Å². The third kappa shape index (κ3) is 4.48. The van der Waals surface area contributed by atoms with E-state index in [1.165, 1.54) is 12.8 Å². The molecular weight excluding hydrogens is 398 g/mol. The quantitative estimate of drug-likeness (QED) is 0.527. The third-order valence-electron chi connectivity index (χ3n) is 5.62. The molecule has 0 radical (unpaired) electrons. The Kier molecular flexibility index (Phi) is 6.03. The number of anilines is 1. The van der Waals surface area contributed by atoms with Gasteiger partial charge in [-0.05, 0) is 61.6 Å². The predicted octanol–water partition coefficient (Wildman–Crippen LogP) is 4.51. The monoisotopic (exact) mass is 421 g/mol. The number of halogens is 1. The average Bonchev–Trinajstić information content (AvgIpc) is 3.47. The molecule has 0 unspecified atom stereocenters. The minimum absolute atomic E-state index is 0.372. The molecule has 0 amide bonds. The van der Waals surface area contributed by atoms with Crippen LogP contribution in [0.4, 0.5) is 5.82 Å². The number of hydrogen-bond donors (Lipinski definition) is 3. The number of aromatic nitrogens is 2. The lowest BCUT2D eigenvalue weighted by Gasteiger charge is -2.32. The van der Waals surface area contributed by atoms with Gasteiger partial charge in [0.15, 0.2) is 5.82 Å². The fourth-order valence-electron chi connectivity index (χ4n) is 3.68. The number of aromatic amines is 1. The van der Waals surface area contributed by atoms with E-state index in [-0.39, 0.29) is 0 Å². The molecule has 2 aliphatic carbocycles. The fraction of sp³-hybridized carbons (Fsp3) is 0.348. The molecule has 0 atom stereocenters. The average molecular weight is 422 g/mol. The molecule has 30 heavy (non-hydrogen) atoms. The SMILES string of the molecule is CNc1n[nH]c2ccc(-c3cc(C#N)ccc3Cl)cc12.O=CC1CC(NC2CC2)C1. The highest BCUT2D eigenvalue weighted by Crippen LogP contribution is 2.32. The first-order valence-electron chi connectivity index (χ1n) is 10.2. The summed E-state index contributed by atoms with van der Waals surface area (Å²) >= 11 is 6.24. The molecule has 1 aromatic heterocycles. The number of H-pyrrole nitrogens is 1. The van der Waals surface area contributed by atoms with Gasteiger partial charge in [0.2, 0.25) is 0 Å². The van der Waals surface area contributed by atoms with Crippen LogP contribution in [0.5, 0.6) is 0 Å². The van der Waals surface area contributed by atoms with Crippen molar-refractivity contribution in [1.29, 1.82) is 5.26 Å². The number of carbonyl (C=O) groups excluding carboxylic acids is 1. The first-order valence-corrected chi connectivity index (χ1v) is 10.6. The van der Waals surface area contributed by atoms with Crippen LogP contribution in [0.3, 0.4) is 0 Å². The van der Waals surface area contributed by atoms with E-state index in [0.717, 1.165) is 53.0 Å². The molecule has 3 N–H and O–H groups in total. The molecule has 6 nitrogen and oxygen atoms in total. The summed E-state index contributed by atoms with van der Waals surface area (Å²) in [5, 5.41) is 24.3. The molecule has 1 heterocycles. The van der Waals surface area contributed by atoms with Crippen molar-refractivity contribution in [3.63, 3.8) is 0 Å². The van der Waals surface area contributed by atoms with Gasteiger partial charge in [-0.25, -0.2) is 0 Å². The number of hydrogen-bond acceptors (Lipinski definition) is 5. The van der Waals surface area contributed by atoms with Crippen LogP contribution in [0.1, 0.15) is 31.2 Å². The number of nitrogens with one attached hydrogen (secondary N) is 3. The first kappa shape index (κ1) is 20.4. The number of carbonyl (C=O) groups is 1. The van der Waals surface area contributed by atoms with E-state index in [0.29, 0.717) is 22.5 Å². The summed E-state index contributed by atoms with van der Waals surface area (Å²) in [7, 11) is 1.82. The molecular formula is C23H24ClN5O. The largest absolute Gasteiger partial charge is 0.371 e. The maximum absolute atomic E-state index is 10.2. The Morgan fingerprint density at radius 2 is 2.00 bits per heavy atom.